The molecule has 5 nitrogen and oxygen atoms in total. The smallest absolute Gasteiger partial charge is 0.280 e. The Morgan fingerprint density at radius 1 is 1.64 bits per heavy atom. The lowest BCUT2D eigenvalue weighted by molar-refractivity contribution is 0.141. The third-order valence-corrected chi connectivity index (χ3v) is 3.90. The van der Waals surface area contributed by atoms with E-state index in [9.17, 15) is 8.42 Å². The third-order valence-electron chi connectivity index (χ3n) is 2.77. The number of nitrogens with one attached hydrogen (secondary N) is 1. The molecular weight excluding hydrogens is 204 g/mol. The fourth-order valence-electron chi connectivity index (χ4n) is 1.81. The Labute approximate surface area is 85.2 Å². The summed E-state index contributed by atoms with van der Waals surface area (Å²) in [4.78, 5) is 1.84. The second-order valence-electron chi connectivity index (χ2n) is 3.62. The van der Waals surface area contributed by atoms with Gasteiger partial charge in [0.25, 0.3) is 10.1 Å². The molecule has 1 aliphatic rings. The maximum atomic E-state index is 11.0. The molecule has 0 amide bonds. The third kappa shape index (κ3) is 2.66. The number of rotatable bonds is 3. The Kier molecular flexibility index (Phi) is 3.88. The molecule has 84 valence electrons. The van der Waals surface area contributed by atoms with E-state index in [1.165, 1.54) is 6.92 Å². The standard InChI is InChI=1S/C8H18N2O3S/c1-3-8-6-9-4-5-10(8)7(2)14(11,12)13/h7-9H,3-6H2,1-2H3,(H,11,12,13). The van der Waals surface area contributed by atoms with Gasteiger partial charge in [-0.15, -0.1) is 0 Å². The van der Waals surface area contributed by atoms with E-state index in [1.807, 2.05) is 11.8 Å². The Morgan fingerprint density at radius 3 is 2.79 bits per heavy atom. The average Bonchev–Trinajstić information content (AvgIpc) is 2.15. The average molecular weight is 222 g/mol. The summed E-state index contributed by atoms with van der Waals surface area (Å²) >= 11 is 0. The number of piperazine rings is 1. The minimum atomic E-state index is -3.95. The van der Waals surface area contributed by atoms with Crippen LogP contribution >= 0.6 is 0 Å². The molecular formula is C8H18N2O3S. The molecule has 0 aromatic heterocycles. The molecule has 2 atom stereocenters. The molecule has 14 heavy (non-hydrogen) atoms. The molecule has 0 aliphatic carbocycles. The van der Waals surface area contributed by atoms with Crippen molar-refractivity contribution in [3.05, 3.63) is 0 Å². The van der Waals surface area contributed by atoms with Crippen molar-refractivity contribution in [3.8, 4) is 0 Å². The zero-order valence-electron chi connectivity index (χ0n) is 8.60. The van der Waals surface area contributed by atoms with Crippen LogP contribution in [-0.4, -0.2) is 48.9 Å². The minimum absolute atomic E-state index is 0.195. The molecule has 0 saturated carbocycles. The van der Waals surface area contributed by atoms with Crippen LogP contribution in [0.4, 0.5) is 0 Å². The lowest BCUT2D eigenvalue weighted by Gasteiger charge is -2.38. The van der Waals surface area contributed by atoms with Crippen molar-refractivity contribution in [1.29, 1.82) is 0 Å². The molecule has 2 unspecified atom stereocenters. The molecule has 1 aliphatic heterocycles. The Bertz CT molecular complexity index is 278. The SMILES string of the molecule is CCC1CNCCN1C(C)S(=O)(=O)O. The van der Waals surface area contributed by atoms with Crippen LogP contribution < -0.4 is 5.32 Å². The van der Waals surface area contributed by atoms with Gasteiger partial charge in [0.15, 0.2) is 0 Å². The van der Waals surface area contributed by atoms with E-state index in [-0.39, 0.29) is 6.04 Å². The van der Waals surface area contributed by atoms with E-state index in [2.05, 4.69) is 5.32 Å². The van der Waals surface area contributed by atoms with Crippen LogP contribution in [0.1, 0.15) is 20.3 Å². The fraction of sp³-hybridized carbons (Fsp3) is 1.00. The lowest BCUT2D eigenvalue weighted by Crippen LogP contribution is -2.55. The highest BCUT2D eigenvalue weighted by molar-refractivity contribution is 7.86. The first-order valence-electron chi connectivity index (χ1n) is 4.89. The van der Waals surface area contributed by atoms with Crippen LogP contribution in [0.15, 0.2) is 0 Å². The maximum Gasteiger partial charge on any atom is 0.280 e. The highest BCUT2D eigenvalue weighted by atomic mass is 32.2. The molecule has 1 saturated heterocycles. The van der Waals surface area contributed by atoms with Crippen LogP contribution in [0.25, 0.3) is 0 Å². The first kappa shape index (κ1) is 11.9. The Balaban J connectivity index is 2.73. The van der Waals surface area contributed by atoms with Crippen molar-refractivity contribution in [2.45, 2.75) is 31.7 Å². The van der Waals surface area contributed by atoms with Gasteiger partial charge >= 0.3 is 0 Å². The largest absolute Gasteiger partial charge is 0.314 e. The summed E-state index contributed by atoms with van der Waals surface area (Å²) in [6.07, 6.45) is 0.882. The molecule has 0 bridgehead atoms. The second kappa shape index (κ2) is 4.57. The predicted octanol–water partition coefficient (Wildman–Crippen LogP) is -0.0960. The highest BCUT2D eigenvalue weighted by Crippen LogP contribution is 2.14. The lowest BCUT2D eigenvalue weighted by atomic mass is 10.1. The molecule has 6 heteroatoms. The van der Waals surface area contributed by atoms with Gasteiger partial charge in [0.1, 0.15) is 5.37 Å². The first-order valence-corrected chi connectivity index (χ1v) is 6.40. The summed E-state index contributed by atoms with van der Waals surface area (Å²) in [5.41, 5.74) is 0. The number of hydrogen-bond donors (Lipinski definition) is 2. The summed E-state index contributed by atoms with van der Waals surface area (Å²) < 4.78 is 30.9. The van der Waals surface area contributed by atoms with Gasteiger partial charge in [-0.05, 0) is 13.3 Å². The van der Waals surface area contributed by atoms with Crippen LogP contribution in [-0.2, 0) is 10.1 Å². The molecule has 1 rings (SSSR count). The second-order valence-corrected chi connectivity index (χ2v) is 5.33. The van der Waals surface area contributed by atoms with E-state index in [0.717, 1.165) is 19.5 Å². The van der Waals surface area contributed by atoms with Gasteiger partial charge in [-0.1, -0.05) is 6.92 Å². The minimum Gasteiger partial charge on any atom is -0.314 e. The van der Waals surface area contributed by atoms with Gasteiger partial charge in [-0.2, -0.15) is 8.42 Å². The van der Waals surface area contributed by atoms with Crippen molar-refractivity contribution >= 4 is 10.1 Å². The zero-order chi connectivity index (χ0) is 10.8. The molecule has 0 radical (unpaired) electrons. The van der Waals surface area contributed by atoms with Gasteiger partial charge < -0.3 is 5.32 Å². The molecule has 1 heterocycles. The maximum absolute atomic E-state index is 11.0. The fourth-order valence-corrected chi connectivity index (χ4v) is 2.43. The van der Waals surface area contributed by atoms with Gasteiger partial charge in [-0.25, -0.2) is 0 Å². The molecule has 0 aromatic carbocycles. The van der Waals surface area contributed by atoms with Crippen molar-refractivity contribution in [2.24, 2.45) is 0 Å². The Hall–Kier alpha value is -0.170. The van der Waals surface area contributed by atoms with E-state index in [4.69, 9.17) is 4.55 Å². The summed E-state index contributed by atoms with van der Waals surface area (Å²) in [7, 11) is -3.95. The quantitative estimate of drug-likeness (QED) is 0.653. The number of hydrogen-bond acceptors (Lipinski definition) is 4. The number of nitrogens with zero attached hydrogens (tertiary/aromatic N) is 1. The highest BCUT2D eigenvalue weighted by Gasteiger charge is 2.31. The van der Waals surface area contributed by atoms with Crippen LogP contribution in [0, 0.1) is 0 Å². The van der Waals surface area contributed by atoms with E-state index in [0.29, 0.717) is 6.54 Å². The van der Waals surface area contributed by atoms with Crippen molar-refractivity contribution in [2.75, 3.05) is 19.6 Å². The summed E-state index contributed by atoms with van der Waals surface area (Å²) in [6, 6.07) is 0.195. The molecule has 0 spiro atoms. The van der Waals surface area contributed by atoms with Crippen molar-refractivity contribution in [3.63, 3.8) is 0 Å². The van der Waals surface area contributed by atoms with Gasteiger partial charge in [0.05, 0.1) is 0 Å². The zero-order valence-corrected chi connectivity index (χ0v) is 9.42. The van der Waals surface area contributed by atoms with Gasteiger partial charge in [-0.3, -0.25) is 9.45 Å². The topological polar surface area (TPSA) is 69.6 Å². The molecule has 1 fully saturated rings. The summed E-state index contributed by atoms with van der Waals surface area (Å²) in [6.45, 7) is 5.77. The van der Waals surface area contributed by atoms with Crippen molar-refractivity contribution in [1.82, 2.24) is 10.2 Å². The van der Waals surface area contributed by atoms with Crippen LogP contribution in [0.5, 0.6) is 0 Å². The van der Waals surface area contributed by atoms with Crippen LogP contribution in [0.3, 0.4) is 0 Å². The summed E-state index contributed by atoms with van der Waals surface area (Å²) in [5.74, 6) is 0. The van der Waals surface area contributed by atoms with E-state index < -0.39 is 15.5 Å². The molecule has 0 aromatic rings. The predicted molar refractivity (Wildman–Crippen MR) is 54.7 cm³/mol. The van der Waals surface area contributed by atoms with Crippen molar-refractivity contribution < 1.29 is 13.0 Å². The van der Waals surface area contributed by atoms with Crippen LogP contribution in [0.2, 0.25) is 0 Å². The van der Waals surface area contributed by atoms with Gasteiger partial charge in [0, 0.05) is 25.7 Å². The monoisotopic (exact) mass is 222 g/mol. The van der Waals surface area contributed by atoms with E-state index in [1.54, 1.807) is 0 Å². The summed E-state index contributed by atoms with van der Waals surface area (Å²) in [5, 5.41) is 2.41. The van der Waals surface area contributed by atoms with E-state index >= 15 is 0 Å². The normalized spacial score (nSPS) is 27.5. The first-order chi connectivity index (χ1) is 6.46. The molecule has 2 N–H and O–H groups in total. The Morgan fingerprint density at radius 2 is 2.29 bits per heavy atom. The van der Waals surface area contributed by atoms with Gasteiger partial charge in [0.2, 0.25) is 0 Å².